The number of amides is 1. The van der Waals surface area contributed by atoms with Crippen molar-refractivity contribution in [3.8, 4) is 10.7 Å². The second-order valence-electron chi connectivity index (χ2n) is 7.31. The molecule has 0 aliphatic carbocycles. The van der Waals surface area contributed by atoms with Gasteiger partial charge in [-0.1, -0.05) is 11.6 Å². The summed E-state index contributed by atoms with van der Waals surface area (Å²) in [6, 6.07) is 5.07. The summed E-state index contributed by atoms with van der Waals surface area (Å²) in [6.45, 7) is 3.29. The number of rotatable bonds is 6. The van der Waals surface area contributed by atoms with Crippen LogP contribution in [0.5, 0.6) is 0 Å². The van der Waals surface area contributed by atoms with Crippen LogP contribution in [0, 0.1) is 12.7 Å². The number of halogens is 2. The molecule has 31 heavy (non-hydrogen) atoms. The molecule has 7 nitrogen and oxygen atoms in total. The summed E-state index contributed by atoms with van der Waals surface area (Å²) in [4.78, 5) is 18.9. The number of carbonyl (C=O) groups is 1. The first-order chi connectivity index (χ1) is 14.7. The third-order valence-electron chi connectivity index (χ3n) is 4.96. The number of benzene rings is 1. The molecule has 1 saturated heterocycles. The molecule has 11 heteroatoms. The van der Waals surface area contributed by atoms with Crippen molar-refractivity contribution in [1.82, 2.24) is 14.5 Å². The minimum absolute atomic E-state index is 0.0197. The molecule has 2 aromatic heterocycles. The molecule has 1 amide bonds. The lowest BCUT2D eigenvalue weighted by Gasteiger charge is -2.16. The zero-order chi connectivity index (χ0) is 22.2. The molecular weight excluding hydrogens is 463 g/mol. The van der Waals surface area contributed by atoms with Gasteiger partial charge in [-0.3, -0.25) is 9.52 Å². The van der Waals surface area contributed by atoms with Crippen LogP contribution < -0.4 is 4.72 Å². The number of nitrogens with zero attached hydrogens (tertiary/aromatic N) is 3. The summed E-state index contributed by atoms with van der Waals surface area (Å²) in [5, 5.41) is 2.30. The molecule has 3 heterocycles. The monoisotopic (exact) mass is 482 g/mol. The van der Waals surface area contributed by atoms with Gasteiger partial charge in [0.2, 0.25) is 5.91 Å². The predicted octanol–water partition coefficient (Wildman–Crippen LogP) is 4.14. The first kappa shape index (κ1) is 21.8. The number of aryl methyl sites for hydroxylation is 1. The summed E-state index contributed by atoms with van der Waals surface area (Å²) in [6.07, 6.45) is 3.37. The molecule has 0 atom stereocenters. The second-order valence-corrected chi connectivity index (χ2v) is 10.3. The van der Waals surface area contributed by atoms with Gasteiger partial charge in [0, 0.05) is 30.4 Å². The average molecular weight is 483 g/mol. The summed E-state index contributed by atoms with van der Waals surface area (Å²) < 4.78 is 43.4. The highest BCUT2D eigenvalue weighted by Crippen LogP contribution is 2.29. The highest BCUT2D eigenvalue weighted by atomic mass is 35.5. The minimum atomic E-state index is -4.00. The Balaban J connectivity index is 1.67. The highest BCUT2D eigenvalue weighted by Gasteiger charge is 2.24. The molecule has 3 aromatic rings. The van der Waals surface area contributed by atoms with E-state index in [1.807, 2.05) is 12.3 Å². The van der Waals surface area contributed by atoms with Gasteiger partial charge in [-0.15, -0.1) is 11.3 Å². The quantitative estimate of drug-likeness (QED) is 0.572. The number of aromatic nitrogens is 2. The van der Waals surface area contributed by atoms with Gasteiger partial charge in [0.1, 0.15) is 22.3 Å². The fourth-order valence-electron chi connectivity index (χ4n) is 3.40. The Morgan fingerprint density at radius 2 is 2.03 bits per heavy atom. The zero-order valence-corrected chi connectivity index (χ0v) is 19.0. The standard InChI is InChI=1S/C20H20ClFN4O3S2/c1-13-12-30-20(23-13)18-9-15(10-26(18)11-19(27)25-6-2-3-7-25)31(28,29)24-14-4-5-17(22)16(21)8-14/h4-5,8-10,12,24H,2-3,6-7,11H2,1H3. The molecule has 0 bridgehead atoms. The smallest absolute Gasteiger partial charge is 0.263 e. The number of carbonyl (C=O) groups excluding carboxylic acids is 1. The van der Waals surface area contributed by atoms with Gasteiger partial charge in [0.05, 0.1) is 16.4 Å². The molecule has 0 radical (unpaired) electrons. The van der Waals surface area contributed by atoms with Crippen LogP contribution >= 0.6 is 22.9 Å². The van der Waals surface area contributed by atoms with Crippen molar-refractivity contribution in [2.24, 2.45) is 0 Å². The van der Waals surface area contributed by atoms with Gasteiger partial charge < -0.3 is 9.47 Å². The second kappa shape index (κ2) is 8.60. The highest BCUT2D eigenvalue weighted by molar-refractivity contribution is 7.92. The van der Waals surface area contributed by atoms with Gasteiger partial charge in [-0.25, -0.2) is 17.8 Å². The molecular formula is C20H20ClFN4O3S2. The summed E-state index contributed by atoms with van der Waals surface area (Å²) in [5.41, 5.74) is 1.49. The number of thiazole rings is 1. The lowest BCUT2D eigenvalue weighted by molar-refractivity contribution is -0.130. The van der Waals surface area contributed by atoms with E-state index in [0.29, 0.717) is 23.8 Å². The SMILES string of the molecule is Cc1csc(-c2cc(S(=O)(=O)Nc3ccc(F)c(Cl)c3)cn2CC(=O)N2CCCC2)n1. The molecule has 1 aromatic carbocycles. The number of sulfonamides is 1. The van der Waals surface area contributed by atoms with E-state index >= 15 is 0 Å². The molecule has 164 valence electrons. The van der Waals surface area contributed by atoms with E-state index in [9.17, 15) is 17.6 Å². The van der Waals surface area contributed by atoms with Crippen LogP contribution in [0.4, 0.5) is 10.1 Å². The van der Waals surface area contributed by atoms with Crippen molar-refractivity contribution in [2.75, 3.05) is 17.8 Å². The van der Waals surface area contributed by atoms with Crippen LogP contribution in [0.1, 0.15) is 18.5 Å². The third-order valence-corrected chi connectivity index (χ3v) is 7.58. The van der Waals surface area contributed by atoms with E-state index in [1.165, 1.54) is 35.7 Å². The molecule has 1 aliphatic heterocycles. The topological polar surface area (TPSA) is 84.3 Å². The first-order valence-corrected chi connectivity index (χ1v) is 12.4. The molecule has 1 aliphatic rings. The van der Waals surface area contributed by atoms with Crippen molar-refractivity contribution < 1.29 is 17.6 Å². The van der Waals surface area contributed by atoms with Crippen LogP contribution in [0.2, 0.25) is 5.02 Å². The fourth-order valence-corrected chi connectivity index (χ4v) is 5.49. The Kier molecular flexibility index (Phi) is 6.05. The average Bonchev–Trinajstić information content (AvgIpc) is 3.45. The van der Waals surface area contributed by atoms with E-state index in [-0.39, 0.29) is 28.1 Å². The Morgan fingerprint density at radius 1 is 1.29 bits per heavy atom. The Labute approximate surface area is 188 Å². The van der Waals surface area contributed by atoms with Gasteiger partial charge in [-0.2, -0.15) is 0 Å². The van der Waals surface area contributed by atoms with Crippen molar-refractivity contribution in [2.45, 2.75) is 31.2 Å². The van der Waals surface area contributed by atoms with Crippen LogP contribution in [0.15, 0.2) is 40.7 Å². The predicted molar refractivity (Wildman–Crippen MR) is 118 cm³/mol. The molecule has 0 saturated carbocycles. The minimum Gasteiger partial charge on any atom is -0.341 e. The van der Waals surface area contributed by atoms with Gasteiger partial charge in [-0.05, 0) is 44.0 Å². The Bertz CT molecular complexity index is 1230. The third kappa shape index (κ3) is 4.76. The van der Waals surface area contributed by atoms with Crippen LogP contribution in [0.25, 0.3) is 10.7 Å². The Hall–Kier alpha value is -2.43. The largest absolute Gasteiger partial charge is 0.341 e. The molecule has 0 unspecified atom stereocenters. The lowest BCUT2D eigenvalue weighted by Crippen LogP contribution is -2.31. The van der Waals surface area contributed by atoms with E-state index in [0.717, 1.165) is 24.6 Å². The van der Waals surface area contributed by atoms with E-state index in [4.69, 9.17) is 11.6 Å². The van der Waals surface area contributed by atoms with Crippen LogP contribution in [-0.2, 0) is 21.4 Å². The van der Waals surface area contributed by atoms with Crippen molar-refractivity contribution in [3.63, 3.8) is 0 Å². The van der Waals surface area contributed by atoms with Gasteiger partial charge in [0.15, 0.2) is 0 Å². The fraction of sp³-hybridized carbons (Fsp3) is 0.300. The number of hydrogen-bond acceptors (Lipinski definition) is 5. The van der Waals surface area contributed by atoms with E-state index in [1.54, 1.807) is 9.47 Å². The first-order valence-electron chi connectivity index (χ1n) is 9.61. The number of likely N-dealkylation sites (tertiary alicyclic amines) is 1. The van der Waals surface area contributed by atoms with Gasteiger partial charge in [0.25, 0.3) is 10.0 Å². The maximum Gasteiger partial charge on any atom is 0.263 e. The Morgan fingerprint density at radius 3 is 2.68 bits per heavy atom. The molecule has 1 fully saturated rings. The van der Waals surface area contributed by atoms with Crippen LogP contribution in [-0.4, -0.2) is 41.9 Å². The summed E-state index contributed by atoms with van der Waals surface area (Å²) in [7, 11) is -4.00. The van der Waals surface area contributed by atoms with Crippen molar-refractivity contribution in [1.29, 1.82) is 0 Å². The molecule has 4 rings (SSSR count). The number of anilines is 1. The molecule has 1 N–H and O–H groups in total. The van der Waals surface area contributed by atoms with E-state index in [2.05, 4.69) is 9.71 Å². The van der Waals surface area contributed by atoms with Gasteiger partial charge >= 0.3 is 0 Å². The summed E-state index contributed by atoms with van der Waals surface area (Å²) >= 11 is 7.13. The van der Waals surface area contributed by atoms with E-state index < -0.39 is 15.8 Å². The maximum absolute atomic E-state index is 13.4. The molecule has 0 spiro atoms. The maximum atomic E-state index is 13.4. The van der Waals surface area contributed by atoms with Crippen LogP contribution in [0.3, 0.4) is 0 Å². The summed E-state index contributed by atoms with van der Waals surface area (Å²) in [5.74, 6) is -0.706. The zero-order valence-electron chi connectivity index (χ0n) is 16.6. The van der Waals surface area contributed by atoms with Crippen molar-refractivity contribution >= 4 is 44.6 Å². The normalized spacial score (nSPS) is 14.2. The number of hydrogen-bond donors (Lipinski definition) is 1. The van der Waals surface area contributed by atoms with Crippen molar-refractivity contribution in [3.05, 3.63) is 52.4 Å². The number of nitrogens with one attached hydrogen (secondary N) is 1. The lowest BCUT2D eigenvalue weighted by atomic mass is 10.3.